The zero-order valence-corrected chi connectivity index (χ0v) is 12.9. The molecule has 2 rings (SSSR count). The Kier molecular flexibility index (Phi) is 5.39. The molecule has 1 atom stereocenters. The number of carboxylic acid groups (broad SMARTS) is 1. The Bertz CT molecular complexity index is 474. The van der Waals surface area contributed by atoms with Gasteiger partial charge in [0, 0.05) is 29.2 Å². The fourth-order valence-corrected chi connectivity index (χ4v) is 2.83. The largest absolute Gasteiger partial charge is 0.496 e. The summed E-state index contributed by atoms with van der Waals surface area (Å²) in [6, 6.07) is 5.47. The Morgan fingerprint density at radius 3 is 2.80 bits per heavy atom. The third-order valence-corrected chi connectivity index (χ3v) is 3.90. The maximum atomic E-state index is 11.2. The number of ether oxygens (including phenoxy) is 2. The lowest BCUT2D eigenvalue weighted by molar-refractivity contribution is -0.139. The molecule has 1 saturated heterocycles. The van der Waals surface area contributed by atoms with E-state index in [0.717, 1.165) is 23.1 Å². The van der Waals surface area contributed by atoms with Crippen LogP contribution in [0.2, 0.25) is 0 Å². The Morgan fingerprint density at radius 1 is 1.50 bits per heavy atom. The maximum absolute atomic E-state index is 11.2. The molecular weight excluding hydrogens is 326 g/mol. The SMILES string of the molecule is COc1ccc(Br)cc1C(CC(=O)O)N1CCOCC1. The van der Waals surface area contributed by atoms with Gasteiger partial charge >= 0.3 is 5.97 Å². The average molecular weight is 344 g/mol. The van der Waals surface area contributed by atoms with Crippen molar-refractivity contribution in [3.63, 3.8) is 0 Å². The van der Waals surface area contributed by atoms with Crippen molar-refractivity contribution in [3.05, 3.63) is 28.2 Å². The topological polar surface area (TPSA) is 59.0 Å². The number of morpholine rings is 1. The highest BCUT2D eigenvalue weighted by Crippen LogP contribution is 2.34. The fraction of sp³-hybridized carbons (Fsp3) is 0.500. The lowest BCUT2D eigenvalue weighted by Crippen LogP contribution is -2.40. The van der Waals surface area contributed by atoms with Crippen molar-refractivity contribution in [1.29, 1.82) is 0 Å². The summed E-state index contributed by atoms with van der Waals surface area (Å²) in [7, 11) is 1.60. The van der Waals surface area contributed by atoms with E-state index in [1.165, 1.54) is 0 Å². The quantitative estimate of drug-likeness (QED) is 0.888. The van der Waals surface area contributed by atoms with Crippen LogP contribution in [0.25, 0.3) is 0 Å². The van der Waals surface area contributed by atoms with Gasteiger partial charge in [0.2, 0.25) is 0 Å². The molecule has 0 aromatic heterocycles. The summed E-state index contributed by atoms with van der Waals surface area (Å²) in [6.45, 7) is 2.72. The smallest absolute Gasteiger partial charge is 0.305 e. The van der Waals surface area contributed by atoms with Crippen molar-refractivity contribution in [2.75, 3.05) is 33.4 Å². The zero-order chi connectivity index (χ0) is 14.5. The minimum atomic E-state index is -0.816. The van der Waals surface area contributed by atoms with E-state index in [9.17, 15) is 9.90 Å². The third kappa shape index (κ3) is 3.71. The van der Waals surface area contributed by atoms with Gasteiger partial charge in [-0.15, -0.1) is 0 Å². The molecule has 1 aliphatic rings. The molecule has 110 valence electrons. The maximum Gasteiger partial charge on any atom is 0.305 e. The standard InChI is InChI=1S/C14H18BrNO4/c1-19-13-3-2-10(15)8-11(13)12(9-14(17)18)16-4-6-20-7-5-16/h2-3,8,12H,4-7,9H2,1H3,(H,17,18). The van der Waals surface area contributed by atoms with Gasteiger partial charge in [0.25, 0.3) is 0 Å². The van der Waals surface area contributed by atoms with E-state index in [1.807, 2.05) is 18.2 Å². The van der Waals surface area contributed by atoms with Crippen molar-refractivity contribution in [1.82, 2.24) is 4.90 Å². The molecule has 0 saturated carbocycles. The number of aliphatic carboxylic acids is 1. The summed E-state index contributed by atoms with van der Waals surface area (Å²) in [4.78, 5) is 13.3. The summed E-state index contributed by atoms with van der Waals surface area (Å²) in [5.41, 5.74) is 0.895. The zero-order valence-electron chi connectivity index (χ0n) is 11.3. The van der Waals surface area contributed by atoms with E-state index < -0.39 is 5.97 Å². The molecule has 0 bridgehead atoms. The molecule has 5 nitrogen and oxygen atoms in total. The van der Waals surface area contributed by atoms with Crippen molar-refractivity contribution in [2.45, 2.75) is 12.5 Å². The van der Waals surface area contributed by atoms with Crippen LogP contribution in [-0.2, 0) is 9.53 Å². The van der Waals surface area contributed by atoms with Crippen LogP contribution in [0.3, 0.4) is 0 Å². The number of nitrogens with zero attached hydrogens (tertiary/aromatic N) is 1. The second kappa shape index (κ2) is 7.06. The van der Waals surface area contributed by atoms with Gasteiger partial charge in [-0.25, -0.2) is 0 Å². The van der Waals surface area contributed by atoms with Gasteiger partial charge in [0.05, 0.1) is 26.7 Å². The summed E-state index contributed by atoms with van der Waals surface area (Å²) in [5, 5.41) is 9.20. The molecule has 0 spiro atoms. The number of methoxy groups -OCH3 is 1. The molecular formula is C14H18BrNO4. The summed E-state index contributed by atoms with van der Waals surface area (Å²) in [5.74, 6) is -0.102. The molecule has 20 heavy (non-hydrogen) atoms. The predicted octanol–water partition coefficient (Wildman–Crippen LogP) is 2.31. The lowest BCUT2D eigenvalue weighted by atomic mass is 10.0. The molecule has 1 unspecified atom stereocenters. The van der Waals surface area contributed by atoms with E-state index >= 15 is 0 Å². The Hall–Kier alpha value is -1.11. The molecule has 0 radical (unpaired) electrons. The molecule has 1 aromatic rings. The molecule has 1 N–H and O–H groups in total. The van der Waals surface area contributed by atoms with Gasteiger partial charge in [-0.1, -0.05) is 15.9 Å². The number of carbonyl (C=O) groups is 1. The molecule has 0 amide bonds. The highest BCUT2D eigenvalue weighted by atomic mass is 79.9. The highest BCUT2D eigenvalue weighted by Gasteiger charge is 2.27. The van der Waals surface area contributed by atoms with Crippen LogP contribution in [0.4, 0.5) is 0 Å². The Labute approximate surface area is 126 Å². The van der Waals surface area contributed by atoms with E-state index in [4.69, 9.17) is 9.47 Å². The van der Waals surface area contributed by atoms with E-state index in [0.29, 0.717) is 19.0 Å². The third-order valence-electron chi connectivity index (χ3n) is 3.41. The number of halogens is 1. The van der Waals surface area contributed by atoms with Crippen LogP contribution < -0.4 is 4.74 Å². The minimum absolute atomic E-state index is 0.0484. The number of rotatable bonds is 5. The van der Waals surface area contributed by atoms with Gasteiger partial charge in [-0.05, 0) is 18.2 Å². The van der Waals surface area contributed by atoms with Crippen LogP contribution in [0.5, 0.6) is 5.75 Å². The van der Waals surface area contributed by atoms with Crippen molar-refractivity contribution >= 4 is 21.9 Å². The van der Waals surface area contributed by atoms with Crippen molar-refractivity contribution < 1.29 is 19.4 Å². The summed E-state index contributed by atoms with van der Waals surface area (Å²) >= 11 is 3.44. The fourth-order valence-electron chi connectivity index (χ4n) is 2.46. The van der Waals surface area contributed by atoms with Crippen LogP contribution in [0.1, 0.15) is 18.0 Å². The van der Waals surface area contributed by atoms with Crippen molar-refractivity contribution in [2.24, 2.45) is 0 Å². The van der Waals surface area contributed by atoms with Crippen LogP contribution in [-0.4, -0.2) is 49.4 Å². The first-order chi connectivity index (χ1) is 9.61. The average Bonchev–Trinajstić information content (AvgIpc) is 2.45. The highest BCUT2D eigenvalue weighted by molar-refractivity contribution is 9.10. The normalized spacial score (nSPS) is 17.7. The van der Waals surface area contributed by atoms with Crippen LogP contribution >= 0.6 is 15.9 Å². The van der Waals surface area contributed by atoms with E-state index in [-0.39, 0.29) is 12.5 Å². The number of benzene rings is 1. The van der Waals surface area contributed by atoms with Gasteiger partial charge in [-0.2, -0.15) is 0 Å². The molecule has 6 heteroatoms. The van der Waals surface area contributed by atoms with Crippen molar-refractivity contribution in [3.8, 4) is 5.75 Å². The van der Waals surface area contributed by atoms with Crippen LogP contribution in [0, 0.1) is 0 Å². The second-order valence-corrected chi connectivity index (χ2v) is 5.56. The monoisotopic (exact) mass is 343 g/mol. The molecule has 1 aromatic carbocycles. The van der Waals surface area contributed by atoms with E-state index in [1.54, 1.807) is 7.11 Å². The number of hydrogen-bond donors (Lipinski definition) is 1. The first kappa shape index (κ1) is 15.3. The number of carboxylic acids is 1. The number of hydrogen-bond acceptors (Lipinski definition) is 4. The van der Waals surface area contributed by atoms with Gasteiger partial charge in [-0.3, -0.25) is 9.69 Å². The second-order valence-electron chi connectivity index (χ2n) is 4.65. The van der Waals surface area contributed by atoms with E-state index in [2.05, 4.69) is 20.8 Å². The summed E-state index contributed by atoms with van der Waals surface area (Å²) in [6.07, 6.45) is 0.0484. The first-order valence-corrected chi connectivity index (χ1v) is 7.28. The van der Waals surface area contributed by atoms with Gasteiger partial charge < -0.3 is 14.6 Å². The molecule has 0 aliphatic carbocycles. The molecule has 1 heterocycles. The first-order valence-electron chi connectivity index (χ1n) is 6.49. The van der Waals surface area contributed by atoms with Crippen LogP contribution in [0.15, 0.2) is 22.7 Å². The lowest BCUT2D eigenvalue weighted by Gasteiger charge is -2.34. The minimum Gasteiger partial charge on any atom is -0.496 e. The Morgan fingerprint density at radius 2 is 2.20 bits per heavy atom. The molecule has 1 aliphatic heterocycles. The van der Waals surface area contributed by atoms with Gasteiger partial charge in [0.1, 0.15) is 5.75 Å². The Balaban J connectivity index is 2.34. The predicted molar refractivity (Wildman–Crippen MR) is 78.1 cm³/mol. The summed E-state index contributed by atoms with van der Waals surface area (Å²) < 4.78 is 11.6. The van der Waals surface area contributed by atoms with Gasteiger partial charge in [0.15, 0.2) is 0 Å². The molecule has 1 fully saturated rings.